The molecule has 0 aliphatic carbocycles. The van der Waals surface area contributed by atoms with E-state index < -0.39 is 7.81 Å². The summed E-state index contributed by atoms with van der Waals surface area (Å²) in [7, 11) is -0.694. The molecule has 1 unspecified atom stereocenters. The van der Waals surface area contributed by atoms with E-state index in [0.29, 0.717) is 0 Å². The Hall–Kier alpha value is -0.460. The minimum atomic E-state index is -0.694. The zero-order valence-electron chi connectivity index (χ0n) is 4.62. The Morgan fingerprint density at radius 2 is 1.67 bits per heavy atom. The predicted octanol–water partition coefficient (Wildman–Crippen LogP) is 2.25. The van der Waals surface area contributed by atoms with Crippen LogP contribution in [-0.2, 0) is 4.57 Å². The molecule has 1 aromatic rings. The van der Waals surface area contributed by atoms with Gasteiger partial charge in [0.1, 0.15) is 0 Å². The van der Waals surface area contributed by atoms with Crippen LogP contribution in [0.1, 0.15) is 0 Å². The van der Waals surface area contributed by atoms with E-state index in [0.717, 1.165) is 0 Å². The summed E-state index contributed by atoms with van der Waals surface area (Å²) in [6, 6.07) is 5.72. The Morgan fingerprint density at radius 1 is 1.22 bits per heavy atom. The molecule has 1 heterocycles. The van der Waals surface area contributed by atoms with Gasteiger partial charge in [-0.25, -0.2) is 0 Å². The van der Waals surface area contributed by atoms with Crippen LogP contribution in [0, 0.1) is 0 Å². The van der Waals surface area contributed by atoms with Crippen LogP contribution in [0.4, 0.5) is 0 Å². The van der Waals surface area contributed by atoms with Gasteiger partial charge >= 0.3 is 7.81 Å². The van der Waals surface area contributed by atoms with E-state index in [1.54, 1.807) is 12.4 Å². The molecule has 2 nitrogen and oxygen atoms in total. The Balaban J connectivity index is 0.000000187. The molecule has 0 aliphatic heterocycles. The second kappa shape index (κ2) is 7.54. The zero-order chi connectivity index (χ0) is 6.95. The van der Waals surface area contributed by atoms with E-state index in [1.807, 2.05) is 18.2 Å². The first-order valence-corrected chi connectivity index (χ1v) is 4.16. The van der Waals surface area contributed by atoms with Crippen LogP contribution in [0.25, 0.3) is 0 Å². The monoisotopic (exact) mass is 162 g/mol. The SMILES string of the molecule is O=[PH+]Cl.c1ccncc1. The smallest absolute Gasteiger partial charge is 0.265 e. The first-order valence-electron chi connectivity index (χ1n) is 2.24. The molecule has 0 amide bonds. The summed E-state index contributed by atoms with van der Waals surface area (Å²) in [5, 5.41) is 0. The van der Waals surface area contributed by atoms with E-state index in [2.05, 4.69) is 16.2 Å². The van der Waals surface area contributed by atoms with Crippen molar-refractivity contribution in [1.29, 1.82) is 0 Å². The fourth-order valence-electron chi connectivity index (χ4n) is 0.313. The van der Waals surface area contributed by atoms with Crippen molar-refractivity contribution in [2.24, 2.45) is 0 Å². The summed E-state index contributed by atoms with van der Waals surface area (Å²) in [5.74, 6) is 0. The van der Waals surface area contributed by atoms with Crippen LogP contribution in [0.5, 0.6) is 0 Å². The molecule has 0 saturated carbocycles. The third kappa shape index (κ3) is 7.54. The van der Waals surface area contributed by atoms with Gasteiger partial charge in [0, 0.05) is 12.4 Å². The third-order valence-corrected chi connectivity index (χ3v) is 0.566. The second-order valence-corrected chi connectivity index (χ2v) is 1.72. The molecule has 1 atom stereocenters. The van der Waals surface area contributed by atoms with Crippen molar-refractivity contribution < 1.29 is 4.57 Å². The maximum absolute atomic E-state index is 8.72. The van der Waals surface area contributed by atoms with E-state index in [9.17, 15) is 0 Å². The van der Waals surface area contributed by atoms with Crippen molar-refractivity contribution in [2.75, 3.05) is 0 Å². The average Bonchev–Trinajstić information content (AvgIpc) is 1.93. The number of pyridine rings is 1. The van der Waals surface area contributed by atoms with Crippen LogP contribution in [-0.4, -0.2) is 4.98 Å². The Labute approximate surface area is 59.9 Å². The van der Waals surface area contributed by atoms with E-state index >= 15 is 0 Å². The fourth-order valence-corrected chi connectivity index (χ4v) is 0.313. The highest BCUT2D eigenvalue weighted by Gasteiger charge is 1.58. The minimum absolute atomic E-state index is 0.694. The lowest BCUT2D eigenvalue weighted by Gasteiger charge is -1.70. The normalized spacial score (nSPS) is 7.67. The molecular formula is C5H6ClNOP+. The van der Waals surface area contributed by atoms with Gasteiger partial charge in [0.15, 0.2) is 0 Å². The van der Waals surface area contributed by atoms with Crippen LogP contribution >= 0.6 is 19.1 Å². The van der Waals surface area contributed by atoms with Gasteiger partial charge in [0.2, 0.25) is 11.2 Å². The number of aromatic nitrogens is 1. The number of halogens is 1. The Bertz CT molecular complexity index is 120. The zero-order valence-corrected chi connectivity index (χ0v) is 6.38. The number of hydrogen-bond donors (Lipinski definition) is 0. The van der Waals surface area contributed by atoms with Gasteiger partial charge in [-0.05, 0) is 12.1 Å². The standard InChI is InChI=1S/C5H5N.ClOP/c1-2-4-6-5-3-1;1-3-2/h1-5H;/p+1. The quantitative estimate of drug-likeness (QED) is 0.548. The van der Waals surface area contributed by atoms with Crippen LogP contribution in [0.3, 0.4) is 0 Å². The van der Waals surface area contributed by atoms with Crippen molar-refractivity contribution in [1.82, 2.24) is 4.98 Å². The maximum Gasteiger partial charge on any atom is 0.441 e. The van der Waals surface area contributed by atoms with Crippen molar-refractivity contribution in [2.45, 2.75) is 0 Å². The molecule has 0 fully saturated rings. The molecule has 4 heteroatoms. The van der Waals surface area contributed by atoms with Crippen molar-refractivity contribution in [3.05, 3.63) is 30.6 Å². The van der Waals surface area contributed by atoms with Crippen molar-refractivity contribution in [3.63, 3.8) is 0 Å². The highest BCUT2D eigenvalue weighted by Crippen LogP contribution is 1.92. The Kier molecular flexibility index (Phi) is 7.15. The van der Waals surface area contributed by atoms with Gasteiger partial charge in [-0.15, -0.1) is 0 Å². The van der Waals surface area contributed by atoms with Gasteiger partial charge in [-0.2, -0.15) is 0 Å². The first-order chi connectivity index (χ1) is 4.41. The summed E-state index contributed by atoms with van der Waals surface area (Å²) < 4.78 is 8.72. The van der Waals surface area contributed by atoms with E-state index in [-0.39, 0.29) is 0 Å². The molecule has 0 saturated heterocycles. The van der Waals surface area contributed by atoms with Gasteiger partial charge in [0.05, 0.1) is 0 Å². The lowest BCUT2D eigenvalue weighted by molar-refractivity contribution is 0.605. The topological polar surface area (TPSA) is 30.0 Å². The molecule has 0 N–H and O–H groups in total. The number of nitrogens with zero attached hydrogens (tertiary/aromatic N) is 1. The summed E-state index contributed by atoms with van der Waals surface area (Å²) in [5.41, 5.74) is 0. The van der Waals surface area contributed by atoms with Gasteiger partial charge in [-0.3, -0.25) is 4.98 Å². The average molecular weight is 163 g/mol. The minimum Gasteiger partial charge on any atom is -0.265 e. The highest BCUT2D eigenvalue weighted by molar-refractivity contribution is 7.57. The predicted molar refractivity (Wildman–Crippen MR) is 39.1 cm³/mol. The molecule has 0 bridgehead atoms. The summed E-state index contributed by atoms with van der Waals surface area (Å²) >= 11 is 4.47. The summed E-state index contributed by atoms with van der Waals surface area (Å²) in [6.07, 6.45) is 3.50. The van der Waals surface area contributed by atoms with Crippen LogP contribution in [0.2, 0.25) is 0 Å². The number of rotatable bonds is 0. The molecule has 0 aromatic carbocycles. The molecular weight excluding hydrogens is 156 g/mol. The van der Waals surface area contributed by atoms with Gasteiger partial charge in [-0.1, -0.05) is 10.6 Å². The summed E-state index contributed by atoms with van der Waals surface area (Å²) in [6.45, 7) is 0. The largest absolute Gasteiger partial charge is 0.441 e. The van der Waals surface area contributed by atoms with Crippen molar-refractivity contribution in [3.8, 4) is 0 Å². The lowest BCUT2D eigenvalue weighted by atomic mass is 10.5. The molecule has 1 aromatic heterocycles. The lowest BCUT2D eigenvalue weighted by Crippen LogP contribution is -1.58. The molecule has 0 spiro atoms. The number of hydrogen-bond acceptors (Lipinski definition) is 2. The van der Waals surface area contributed by atoms with E-state index in [4.69, 9.17) is 4.57 Å². The molecule has 0 radical (unpaired) electrons. The van der Waals surface area contributed by atoms with Crippen molar-refractivity contribution >= 4 is 19.1 Å². The second-order valence-electron chi connectivity index (χ2n) is 1.10. The third-order valence-electron chi connectivity index (χ3n) is 0.566. The van der Waals surface area contributed by atoms with Gasteiger partial charge in [0.25, 0.3) is 0 Å². The summed E-state index contributed by atoms with van der Waals surface area (Å²) in [4.78, 5) is 3.78. The van der Waals surface area contributed by atoms with Crippen LogP contribution < -0.4 is 0 Å². The molecule has 0 aliphatic rings. The molecule has 1 rings (SSSR count). The highest BCUT2D eigenvalue weighted by atomic mass is 35.7. The Morgan fingerprint density at radius 3 is 1.78 bits per heavy atom. The van der Waals surface area contributed by atoms with E-state index in [1.165, 1.54) is 0 Å². The molecule has 48 valence electrons. The maximum atomic E-state index is 8.72. The van der Waals surface area contributed by atoms with Gasteiger partial charge < -0.3 is 0 Å². The van der Waals surface area contributed by atoms with Crippen LogP contribution in [0.15, 0.2) is 30.6 Å². The molecule has 9 heavy (non-hydrogen) atoms. The fraction of sp³-hybridized carbons (Fsp3) is 0. The first kappa shape index (κ1) is 8.54.